The van der Waals surface area contributed by atoms with Crippen molar-refractivity contribution in [2.75, 3.05) is 18.1 Å². The third kappa shape index (κ3) is 4.85. The van der Waals surface area contributed by atoms with E-state index in [4.69, 9.17) is 4.74 Å². The summed E-state index contributed by atoms with van der Waals surface area (Å²) in [7, 11) is 0. The molecule has 1 aromatic heterocycles. The lowest BCUT2D eigenvalue weighted by Crippen LogP contribution is -2.35. The van der Waals surface area contributed by atoms with Crippen LogP contribution in [0.25, 0.3) is 11.3 Å². The molecule has 8 heteroatoms. The lowest BCUT2D eigenvalue weighted by atomic mass is 10.2. The molecule has 148 valence electrons. The first kappa shape index (κ1) is 20.2. The van der Waals surface area contributed by atoms with E-state index in [0.717, 1.165) is 16.8 Å². The van der Waals surface area contributed by atoms with Crippen LogP contribution in [0.1, 0.15) is 5.56 Å². The third-order valence-corrected chi connectivity index (χ3v) is 4.93. The number of hydrogen-bond donors (Lipinski definition) is 0. The Morgan fingerprint density at radius 3 is 2.76 bits per heavy atom. The lowest BCUT2D eigenvalue weighted by molar-refractivity contribution is -0.385. The second-order valence-corrected chi connectivity index (χ2v) is 7.03. The average Bonchev–Trinajstić information content (AvgIpc) is 3.21. The van der Waals surface area contributed by atoms with E-state index in [1.807, 2.05) is 35.7 Å². The third-order valence-electron chi connectivity index (χ3n) is 4.07. The van der Waals surface area contributed by atoms with Crippen LogP contribution in [0.15, 0.2) is 66.6 Å². The minimum absolute atomic E-state index is 0.0524. The number of amides is 1. The molecule has 0 radical (unpaired) electrons. The molecule has 1 heterocycles. The van der Waals surface area contributed by atoms with Crippen LogP contribution in [0.3, 0.4) is 0 Å². The van der Waals surface area contributed by atoms with Crippen molar-refractivity contribution in [3.63, 3.8) is 0 Å². The molecule has 3 rings (SSSR count). The van der Waals surface area contributed by atoms with Crippen LogP contribution in [0, 0.1) is 17.0 Å². The van der Waals surface area contributed by atoms with Gasteiger partial charge in [0.05, 0.1) is 10.6 Å². The van der Waals surface area contributed by atoms with E-state index in [9.17, 15) is 14.9 Å². The molecule has 0 aliphatic carbocycles. The van der Waals surface area contributed by atoms with E-state index < -0.39 is 4.92 Å². The van der Waals surface area contributed by atoms with Crippen molar-refractivity contribution in [1.29, 1.82) is 0 Å². The molecule has 0 saturated heterocycles. The van der Waals surface area contributed by atoms with Crippen LogP contribution < -0.4 is 9.64 Å². The Morgan fingerprint density at radius 2 is 2.07 bits per heavy atom. The Bertz CT molecular complexity index is 1030. The monoisotopic (exact) mass is 409 g/mol. The normalized spacial score (nSPS) is 10.4. The summed E-state index contributed by atoms with van der Waals surface area (Å²) in [5.41, 5.74) is 2.28. The van der Waals surface area contributed by atoms with Crippen molar-refractivity contribution in [3.8, 4) is 17.0 Å². The highest BCUT2D eigenvalue weighted by molar-refractivity contribution is 7.14. The summed E-state index contributed by atoms with van der Waals surface area (Å²) in [5.74, 6) is -0.314. The topological polar surface area (TPSA) is 85.6 Å². The SMILES string of the molecule is C=CCN(C(=O)COc1ccc(C)cc1[N+](=O)[O-])c1nc(-c2ccccc2)cs1. The van der Waals surface area contributed by atoms with Gasteiger partial charge >= 0.3 is 5.69 Å². The van der Waals surface area contributed by atoms with Gasteiger partial charge in [0, 0.05) is 23.6 Å². The molecular weight excluding hydrogens is 390 g/mol. The van der Waals surface area contributed by atoms with Gasteiger partial charge in [-0.3, -0.25) is 19.8 Å². The van der Waals surface area contributed by atoms with E-state index in [1.54, 1.807) is 19.1 Å². The number of hydrogen-bond acceptors (Lipinski definition) is 6. The van der Waals surface area contributed by atoms with Crippen molar-refractivity contribution in [1.82, 2.24) is 4.98 Å². The fourth-order valence-electron chi connectivity index (χ4n) is 2.65. The maximum absolute atomic E-state index is 12.8. The highest BCUT2D eigenvalue weighted by Gasteiger charge is 2.21. The summed E-state index contributed by atoms with van der Waals surface area (Å²) < 4.78 is 5.47. The molecule has 0 bridgehead atoms. The Labute approximate surface area is 172 Å². The first-order valence-electron chi connectivity index (χ1n) is 8.79. The van der Waals surface area contributed by atoms with Crippen LogP contribution in [-0.4, -0.2) is 29.0 Å². The zero-order valence-corrected chi connectivity index (χ0v) is 16.6. The van der Waals surface area contributed by atoms with Gasteiger partial charge < -0.3 is 4.74 Å². The minimum Gasteiger partial charge on any atom is -0.477 e. The summed E-state index contributed by atoms with van der Waals surface area (Å²) in [6, 6.07) is 14.2. The van der Waals surface area contributed by atoms with Gasteiger partial charge in [0.2, 0.25) is 0 Å². The number of nitro benzene ring substituents is 1. The Balaban J connectivity index is 1.77. The second-order valence-electron chi connectivity index (χ2n) is 6.19. The summed E-state index contributed by atoms with van der Waals surface area (Å²) in [6.07, 6.45) is 1.59. The van der Waals surface area contributed by atoms with Crippen molar-refractivity contribution < 1.29 is 14.5 Å². The molecule has 29 heavy (non-hydrogen) atoms. The maximum atomic E-state index is 12.8. The molecule has 1 amide bonds. The number of ether oxygens (including phenoxy) is 1. The molecule has 0 spiro atoms. The lowest BCUT2D eigenvalue weighted by Gasteiger charge is -2.18. The Morgan fingerprint density at radius 1 is 1.31 bits per heavy atom. The fourth-order valence-corrected chi connectivity index (χ4v) is 3.52. The molecule has 7 nitrogen and oxygen atoms in total. The number of rotatable bonds is 8. The van der Waals surface area contributed by atoms with E-state index in [2.05, 4.69) is 11.6 Å². The highest BCUT2D eigenvalue weighted by Crippen LogP contribution is 2.29. The molecule has 0 unspecified atom stereocenters. The number of benzene rings is 2. The van der Waals surface area contributed by atoms with Gasteiger partial charge in [0.25, 0.3) is 5.91 Å². The van der Waals surface area contributed by atoms with Crippen molar-refractivity contribution >= 4 is 28.1 Å². The van der Waals surface area contributed by atoms with Gasteiger partial charge in [-0.1, -0.05) is 42.5 Å². The summed E-state index contributed by atoms with van der Waals surface area (Å²) >= 11 is 1.33. The van der Waals surface area contributed by atoms with Gasteiger partial charge in [-0.05, 0) is 18.6 Å². The van der Waals surface area contributed by atoms with Crippen LogP contribution in [0.4, 0.5) is 10.8 Å². The van der Waals surface area contributed by atoms with E-state index >= 15 is 0 Å². The number of carbonyl (C=O) groups is 1. The number of carbonyl (C=O) groups excluding carboxylic acids is 1. The molecule has 0 N–H and O–H groups in total. The summed E-state index contributed by atoms with van der Waals surface area (Å²) in [4.78, 5) is 29.4. The van der Waals surface area contributed by atoms with Crippen LogP contribution in [0.5, 0.6) is 5.75 Å². The predicted octanol–water partition coefficient (Wildman–Crippen LogP) is 4.62. The van der Waals surface area contributed by atoms with Gasteiger partial charge in [-0.2, -0.15) is 0 Å². The zero-order valence-electron chi connectivity index (χ0n) is 15.8. The van der Waals surface area contributed by atoms with E-state index in [1.165, 1.54) is 28.4 Å². The molecule has 0 fully saturated rings. The second kappa shape index (κ2) is 9.11. The summed E-state index contributed by atoms with van der Waals surface area (Å²) in [6.45, 7) is 5.34. The number of nitrogens with zero attached hydrogens (tertiary/aromatic N) is 3. The molecule has 3 aromatic rings. The largest absolute Gasteiger partial charge is 0.477 e. The van der Waals surface area contributed by atoms with Gasteiger partial charge in [-0.25, -0.2) is 4.98 Å². The Hall–Kier alpha value is -3.52. The van der Waals surface area contributed by atoms with Crippen LogP contribution in [0.2, 0.25) is 0 Å². The average molecular weight is 409 g/mol. The van der Waals surface area contributed by atoms with E-state index in [0.29, 0.717) is 5.13 Å². The van der Waals surface area contributed by atoms with Gasteiger partial charge in [0.15, 0.2) is 17.5 Å². The predicted molar refractivity (Wildman–Crippen MR) is 113 cm³/mol. The summed E-state index contributed by atoms with van der Waals surface area (Å²) in [5, 5.41) is 13.6. The zero-order chi connectivity index (χ0) is 20.8. The van der Waals surface area contributed by atoms with Gasteiger partial charge in [0.1, 0.15) is 0 Å². The van der Waals surface area contributed by atoms with Crippen molar-refractivity contribution in [3.05, 3.63) is 82.2 Å². The number of aromatic nitrogens is 1. The van der Waals surface area contributed by atoms with Crippen LogP contribution in [-0.2, 0) is 4.79 Å². The minimum atomic E-state index is -0.527. The quantitative estimate of drug-likeness (QED) is 0.308. The molecule has 0 aliphatic rings. The smallest absolute Gasteiger partial charge is 0.311 e. The molecule has 0 saturated carbocycles. The van der Waals surface area contributed by atoms with Crippen LogP contribution >= 0.6 is 11.3 Å². The van der Waals surface area contributed by atoms with Gasteiger partial charge in [-0.15, -0.1) is 17.9 Å². The number of nitro groups is 1. The molecule has 2 aromatic carbocycles. The first-order valence-corrected chi connectivity index (χ1v) is 9.67. The fraction of sp³-hybridized carbons (Fsp3) is 0.143. The molecular formula is C21H19N3O4S. The highest BCUT2D eigenvalue weighted by atomic mass is 32.1. The first-order chi connectivity index (χ1) is 14.0. The number of thiazole rings is 1. The van der Waals surface area contributed by atoms with Crippen molar-refractivity contribution in [2.45, 2.75) is 6.92 Å². The maximum Gasteiger partial charge on any atom is 0.311 e. The van der Waals surface area contributed by atoms with E-state index in [-0.39, 0.29) is 30.5 Å². The number of anilines is 1. The number of aryl methyl sites for hydroxylation is 1. The standard InChI is InChI=1S/C21H19N3O4S/c1-3-11-23(21-22-17(14-29-21)16-7-5-4-6-8-16)20(25)13-28-19-10-9-15(2)12-18(19)24(26)27/h3-10,12,14H,1,11,13H2,2H3. The molecule has 0 aliphatic heterocycles. The Kier molecular flexibility index (Phi) is 6.36. The molecule has 0 atom stereocenters. The van der Waals surface area contributed by atoms with Crippen molar-refractivity contribution in [2.24, 2.45) is 0 Å².